The molecule has 11 heteroatoms. The van der Waals surface area contributed by atoms with Gasteiger partial charge in [0.2, 0.25) is 17.7 Å². The number of rotatable bonds is 10. The zero-order valence-electron chi connectivity index (χ0n) is 14.6. The second-order valence-electron chi connectivity index (χ2n) is 6.00. The van der Waals surface area contributed by atoms with Crippen LogP contribution >= 0.6 is 0 Å². The van der Waals surface area contributed by atoms with Crippen molar-refractivity contribution in [3.8, 4) is 0 Å². The molecular weight excluding hydrogens is 344 g/mol. The largest absolute Gasteiger partial charge is 0.480 e. The van der Waals surface area contributed by atoms with Gasteiger partial charge in [-0.3, -0.25) is 14.4 Å². The fourth-order valence-electron chi connectivity index (χ4n) is 1.89. The molecule has 7 N–H and O–H groups in total. The molecule has 0 aliphatic heterocycles. The Bertz CT molecular complexity index is 630. The van der Waals surface area contributed by atoms with Crippen molar-refractivity contribution in [2.45, 2.75) is 32.4 Å². The molecule has 0 spiro atoms. The lowest BCUT2D eigenvalue weighted by Crippen LogP contribution is -2.49. The van der Waals surface area contributed by atoms with Crippen molar-refractivity contribution in [3.63, 3.8) is 0 Å². The van der Waals surface area contributed by atoms with Crippen LogP contribution < -0.4 is 21.7 Å². The van der Waals surface area contributed by atoms with E-state index in [4.69, 9.17) is 10.8 Å². The van der Waals surface area contributed by atoms with Gasteiger partial charge in [0.05, 0.1) is 25.5 Å². The number of amides is 3. The molecule has 2 unspecified atom stereocenters. The number of aromatic nitrogens is 2. The molecule has 144 valence electrons. The Morgan fingerprint density at radius 1 is 1.19 bits per heavy atom. The van der Waals surface area contributed by atoms with E-state index < -0.39 is 42.3 Å². The number of nitrogens with two attached hydrogens (primary N) is 1. The summed E-state index contributed by atoms with van der Waals surface area (Å²) in [6, 6.07) is -1.89. The number of carboxylic acid groups (broad SMARTS) is 1. The van der Waals surface area contributed by atoms with Gasteiger partial charge in [0.15, 0.2) is 0 Å². The topological polar surface area (TPSA) is 179 Å². The fourth-order valence-corrected chi connectivity index (χ4v) is 1.89. The van der Waals surface area contributed by atoms with Crippen molar-refractivity contribution in [1.82, 2.24) is 25.9 Å². The second-order valence-corrected chi connectivity index (χ2v) is 6.00. The van der Waals surface area contributed by atoms with Gasteiger partial charge in [-0.1, -0.05) is 13.8 Å². The maximum Gasteiger partial charge on any atom is 0.326 e. The Balaban J connectivity index is 2.36. The van der Waals surface area contributed by atoms with Crippen LogP contribution in [-0.4, -0.2) is 63.9 Å². The first-order valence-electron chi connectivity index (χ1n) is 8.00. The van der Waals surface area contributed by atoms with Crippen molar-refractivity contribution >= 4 is 23.7 Å². The number of aromatic amines is 1. The number of carbonyl (C=O) groups excluding carboxylic acids is 3. The molecule has 0 aliphatic rings. The molecular formula is C15H24N6O5. The van der Waals surface area contributed by atoms with Gasteiger partial charge in [0.1, 0.15) is 6.04 Å². The molecule has 0 saturated heterocycles. The quantitative estimate of drug-likeness (QED) is 0.269. The highest BCUT2D eigenvalue weighted by atomic mass is 16.4. The number of carbonyl (C=O) groups is 4. The van der Waals surface area contributed by atoms with Crippen LogP contribution in [0.1, 0.15) is 19.5 Å². The van der Waals surface area contributed by atoms with Gasteiger partial charge in [-0.15, -0.1) is 0 Å². The highest BCUT2D eigenvalue weighted by Crippen LogP contribution is 1.99. The normalized spacial score (nSPS) is 12.9. The minimum atomic E-state index is -1.21. The van der Waals surface area contributed by atoms with Gasteiger partial charge < -0.3 is 31.8 Å². The molecule has 0 bridgehead atoms. The summed E-state index contributed by atoms with van der Waals surface area (Å²) in [6.07, 6.45) is 2.88. The average molecular weight is 368 g/mol. The number of carboxylic acids is 1. The van der Waals surface area contributed by atoms with Gasteiger partial charge in [0, 0.05) is 18.3 Å². The van der Waals surface area contributed by atoms with Gasteiger partial charge in [-0.2, -0.15) is 0 Å². The lowest BCUT2D eigenvalue weighted by Gasteiger charge is -2.16. The predicted molar refractivity (Wildman–Crippen MR) is 90.7 cm³/mol. The van der Waals surface area contributed by atoms with Gasteiger partial charge in [-0.25, -0.2) is 9.78 Å². The number of imidazole rings is 1. The summed E-state index contributed by atoms with van der Waals surface area (Å²) in [5.41, 5.74) is 6.18. The molecule has 1 aromatic rings. The number of H-pyrrole nitrogens is 1. The first kappa shape index (κ1) is 21.1. The van der Waals surface area contributed by atoms with E-state index >= 15 is 0 Å². The van der Waals surface area contributed by atoms with E-state index in [2.05, 4.69) is 25.9 Å². The Hall–Kier alpha value is -2.95. The van der Waals surface area contributed by atoms with Crippen molar-refractivity contribution < 1.29 is 24.3 Å². The molecule has 1 aromatic heterocycles. The Kier molecular flexibility index (Phi) is 8.22. The zero-order chi connectivity index (χ0) is 19.7. The maximum absolute atomic E-state index is 11.8. The molecule has 0 fully saturated rings. The summed E-state index contributed by atoms with van der Waals surface area (Å²) in [5, 5.41) is 16.1. The minimum Gasteiger partial charge on any atom is -0.480 e. The van der Waals surface area contributed by atoms with Crippen LogP contribution in [0.2, 0.25) is 0 Å². The van der Waals surface area contributed by atoms with Crippen LogP contribution in [0.4, 0.5) is 0 Å². The minimum absolute atomic E-state index is 0.0260. The molecule has 26 heavy (non-hydrogen) atoms. The van der Waals surface area contributed by atoms with Crippen LogP contribution in [-0.2, 0) is 25.6 Å². The Morgan fingerprint density at radius 2 is 1.85 bits per heavy atom. The van der Waals surface area contributed by atoms with Crippen LogP contribution in [0.3, 0.4) is 0 Å². The number of nitrogens with zero attached hydrogens (tertiary/aromatic N) is 1. The van der Waals surface area contributed by atoms with E-state index in [0.29, 0.717) is 5.69 Å². The molecule has 3 amide bonds. The van der Waals surface area contributed by atoms with E-state index in [1.54, 1.807) is 13.8 Å². The van der Waals surface area contributed by atoms with E-state index in [1.807, 2.05) is 0 Å². The third kappa shape index (κ3) is 7.30. The first-order chi connectivity index (χ1) is 12.2. The molecule has 0 radical (unpaired) electrons. The number of aliphatic carboxylic acids is 1. The van der Waals surface area contributed by atoms with Crippen LogP contribution in [0.15, 0.2) is 12.5 Å². The standard InChI is InChI=1S/C15H24N6O5/c1-8(2)13(16)14(24)19-5-11(22)18-6-12(23)21-10(15(25)26)3-9-4-17-7-20-9/h4,7-8,10,13H,3,5-6,16H2,1-2H3,(H,17,20)(H,18,22)(H,19,24)(H,21,23)(H,25,26). The lowest BCUT2D eigenvalue weighted by atomic mass is 10.1. The highest BCUT2D eigenvalue weighted by molar-refractivity contribution is 5.90. The predicted octanol–water partition coefficient (Wildman–Crippen LogP) is -2.26. The van der Waals surface area contributed by atoms with Crippen molar-refractivity contribution in [2.75, 3.05) is 13.1 Å². The Labute approximate surface area is 150 Å². The van der Waals surface area contributed by atoms with Crippen LogP contribution in [0.5, 0.6) is 0 Å². The summed E-state index contributed by atoms with van der Waals surface area (Å²) in [4.78, 5) is 52.8. The van der Waals surface area contributed by atoms with Crippen molar-refractivity contribution in [2.24, 2.45) is 11.7 Å². The molecule has 2 atom stereocenters. The van der Waals surface area contributed by atoms with Crippen LogP contribution in [0.25, 0.3) is 0 Å². The number of nitrogens with one attached hydrogen (secondary N) is 4. The second kappa shape index (κ2) is 10.1. The fraction of sp³-hybridized carbons (Fsp3) is 0.533. The van der Waals surface area contributed by atoms with Gasteiger partial charge >= 0.3 is 5.97 Å². The van der Waals surface area contributed by atoms with E-state index in [9.17, 15) is 19.2 Å². The summed E-state index contributed by atoms with van der Waals surface area (Å²) in [5.74, 6) is -3.02. The highest BCUT2D eigenvalue weighted by Gasteiger charge is 2.21. The zero-order valence-corrected chi connectivity index (χ0v) is 14.6. The summed E-state index contributed by atoms with van der Waals surface area (Å²) in [6.45, 7) is 2.80. The summed E-state index contributed by atoms with van der Waals surface area (Å²) < 4.78 is 0. The smallest absolute Gasteiger partial charge is 0.326 e. The molecule has 0 saturated carbocycles. The molecule has 0 aromatic carbocycles. The summed E-state index contributed by atoms with van der Waals surface area (Å²) >= 11 is 0. The van der Waals surface area contributed by atoms with E-state index in [1.165, 1.54) is 12.5 Å². The Morgan fingerprint density at radius 3 is 2.38 bits per heavy atom. The van der Waals surface area contributed by atoms with E-state index in [0.717, 1.165) is 0 Å². The third-order valence-electron chi connectivity index (χ3n) is 3.50. The monoisotopic (exact) mass is 368 g/mol. The average Bonchev–Trinajstić information content (AvgIpc) is 3.09. The van der Waals surface area contributed by atoms with E-state index in [-0.39, 0.29) is 18.9 Å². The maximum atomic E-state index is 11.8. The van der Waals surface area contributed by atoms with Gasteiger partial charge in [0.25, 0.3) is 0 Å². The third-order valence-corrected chi connectivity index (χ3v) is 3.50. The number of hydrogen-bond donors (Lipinski definition) is 6. The number of hydrogen-bond acceptors (Lipinski definition) is 6. The van der Waals surface area contributed by atoms with Crippen LogP contribution in [0, 0.1) is 5.92 Å². The first-order valence-corrected chi connectivity index (χ1v) is 8.00. The van der Waals surface area contributed by atoms with Gasteiger partial charge in [-0.05, 0) is 5.92 Å². The van der Waals surface area contributed by atoms with Crippen molar-refractivity contribution in [3.05, 3.63) is 18.2 Å². The molecule has 0 aliphatic carbocycles. The molecule has 1 heterocycles. The molecule has 1 rings (SSSR count). The molecule has 11 nitrogen and oxygen atoms in total. The lowest BCUT2D eigenvalue weighted by molar-refractivity contribution is -0.141. The summed E-state index contributed by atoms with van der Waals surface area (Å²) in [7, 11) is 0. The van der Waals surface area contributed by atoms with Crippen molar-refractivity contribution in [1.29, 1.82) is 0 Å². The SMILES string of the molecule is CC(C)C(N)C(=O)NCC(=O)NCC(=O)NC(Cc1cnc[nH]1)C(=O)O.